The van der Waals surface area contributed by atoms with Gasteiger partial charge in [-0.05, 0) is 24.2 Å². The van der Waals surface area contributed by atoms with E-state index in [4.69, 9.17) is 0 Å². The molecule has 0 aromatic rings. The summed E-state index contributed by atoms with van der Waals surface area (Å²) in [6.45, 7) is 5.16. The fourth-order valence-electron chi connectivity index (χ4n) is 2.51. The van der Waals surface area contributed by atoms with Crippen LogP contribution in [0.4, 0.5) is 17.6 Å². The molecule has 0 aromatic carbocycles. The van der Waals surface area contributed by atoms with Gasteiger partial charge in [0.2, 0.25) is 0 Å². The van der Waals surface area contributed by atoms with E-state index in [0.717, 1.165) is 12.8 Å². The van der Waals surface area contributed by atoms with Gasteiger partial charge in [-0.2, -0.15) is 8.78 Å². The molecule has 2 unspecified atom stereocenters. The normalized spacial score (nSPS) is 30.0. The van der Waals surface area contributed by atoms with Crippen molar-refractivity contribution >= 4 is 0 Å². The molecule has 2 atom stereocenters. The van der Waals surface area contributed by atoms with E-state index in [1.165, 1.54) is 0 Å². The van der Waals surface area contributed by atoms with Gasteiger partial charge in [0.15, 0.2) is 0 Å². The second kappa shape index (κ2) is 4.51. The van der Waals surface area contributed by atoms with Crippen LogP contribution in [0.5, 0.6) is 0 Å². The van der Waals surface area contributed by atoms with Crippen molar-refractivity contribution in [2.24, 2.45) is 11.3 Å². The van der Waals surface area contributed by atoms with Gasteiger partial charge in [0, 0.05) is 6.04 Å². The molecule has 1 rings (SSSR count). The Morgan fingerprint density at radius 2 is 1.88 bits per heavy atom. The Morgan fingerprint density at radius 1 is 1.31 bits per heavy atom. The highest BCUT2D eigenvalue weighted by atomic mass is 19.3. The van der Waals surface area contributed by atoms with Crippen molar-refractivity contribution in [2.45, 2.75) is 52.0 Å². The van der Waals surface area contributed by atoms with E-state index in [1.807, 2.05) is 6.92 Å². The maximum atomic E-state index is 12.7. The molecular weight excluding hydrogens is 222 g/mol. The molecular formula is C11H19F4N. The monoisotopic (exact) mass is 241 g/mol. The quantitative estimate of drug-likeness (QED) is 0.745. The molecule has 0 amide bonds. The Labute approximate surface area is 93.6 Å². The second-order valence-electron chi connectivity index (χ2n) is 5.60. The average Bonchev–Trinajstić information content (AvgIpc) is 2.36. The smallest absolute Gasteiger partial charge is 0.308 e. The first-order chi connectivity index (χ1) is 7.14. The van der Waals surface area contributed by atoms with Crippen LogP contribution < -0.4 is 5.32 Å². The molecule has 0 saturated heterocycles. The highest BCUT2D eigenvalue weighted by Crippen LogP contribution is 2.41. The predicted octanol–water partition coefficient (Wildman–Crippen LogP) is 3.30. The third-order valence-corrected chi connectivity index (χ3v) is 3.25. The van der Waals surface area contributed by atoms with Crippen LogP contribution in [0.15, 0.2) is 0 Å². The zero-order valence-electron chi connectivity index (χ0n) is 9.87. The molecule has 0 radical (unpaired) electrons. The van der Waals surface area contributed by atoms with Crippen molar-refractivity contribution in [1.82, 2.24) is 5.32 Å². The summed E-state index contributed by atoms with van der Waals surface area (Å²) in [5, 5.41) is 2.58. The van der Waals surface area contributed by atoms with Crippen molar-refractivity contribution in [3.05, 3.63) is 0 Å². The summed E-state index contributed by atoms with van der Waals surface area (Å²) in [4.78, 5) is 0. The van der Waals surface area contributed by atoms with Crippen molar-refractivity contribution in [1.29, 1.82) is 0 Å². The number of hydrogen-bond acceptors (Lipinski definition) is 1. The predicted molar refractivity (Wildman–Crippen MR) is 54.9 cm³/mol. The number of halogens is 4. The third kappa shape index (κ3) is 3.34. The summed E-state index contributed by atoms with van der Waals surface area (Å²) in [5.41, 5.74) is 0.108. The van der Waals surface area contributed by atoms with Crippen LogP contribution in [0.3, 0.4) is 0 Å². The molecule has 1 N–H and O–H groups in total. The summed E-state index contributed by atoms with van der Waals surface area (Å²) in [7, 11) is 0. The van der Waals surface area contributed by atoms with Crippen molar-refractivity contribution in [3.63, 3.8) is 0 Å². The largest absolute Gasteiger partial charge is 0.319 e. The lowest BCUT2D eigenvalue weighted by Crippen LogP contribution is -2.44. The molecule has 0 aromatic heterocycles. The van der Waals surface area contributed by atoms with Gasteiger partial charge < -0.3 is 5.32 Å². The fourth-order valence-corrected chi connectivity index (χ4v) is 2.51. The van der Waals surface area contributed by atoms with Crippen LogP contribution >= 0.6 is 0 Å². The van der Waals surface area contributed by atoms with Crippen LogP contribution in [-0.4, -0.2) is 24.9 Å². The van der Waals surface area contributed by atoms with Gasteiger partial charge in [-0.25, -0.2) is 8.78 Å². The molecule has 16 heavy (non-hydrogen) atoms. The van der Waals surface area contributed by atoms with Gasteiger partial charge >= 0.3 is 12.3 Å². The molecule has 1 saturated carbocycles. The van der Waals surface area contributed by atoms with Crippen LogP contribution in [-0.2, 0) is 0 Å². The highest BCUT2D eigenvalue weighted by Gasteiger charge is 2.43. The Hall–Kier alpha value is -0.320. The minimum absolute atomic E-state index is 0.0837. The molecule has 0 aliphatic heterocycles. The Bertz CT molecular complexity index is 240. The zero-order chi connectivity index (χ0) is 12.6. The molecule has 1 aliphatic rings. The minimum Gasteiger partial charge on any atom is -0.308 e. The molecule has 0 bridgehead atoms. The number of alkyl halides is 4. The third-order valence-electron chi connectivity index (χ3n) is 3.25. The topological polar surface area (TPSA) is 12.0 Å². The Morgan fingerprint density at radius 3 is 2.25 bits per heavy atom. The first-order valence-corrected chi connectivity index (χ1v) is 5.53. The molecule has 1 fully saturated rings. The van der Waals surface area contributed by atoms with E-state index >= 15 is 0 Å². The van der Waals surface area contributed by atoms with Gasteiger partial charge in [-0.1, -0.05) is 20.8 Å². The maximum Gasteiger partial charge on any atom is 0.319 e. The first kappa shape index (κ1) is 13.7. The average molecular weight is 241 g/mol. The van der Waals surface area contributed by atoms with E-state index < -0.39 is 18.9 Å². The first-order valence-electron chi connectivity index (χ1n) is 5.53. The SMILES string of the molecule is CC1CC(C)(C)CC1NCC(F)(F)C(F)F. The van der Waals surface area contributed by atoms with E-state index in [-0.39, 0.29) is 17.4 Å². The van der Waals surface area contributed by atoms with E-state index in [0.29, 0.717) is 0 Å². The van der Waals surface area contributed by atoms with Gasteiger partial charge in [0.05, 0.1) is 6.54 Å². The molecule has 96 valence electrons. The zero-order valence-corrected chi connectivity index (χ0v) is 9.87. The van der Waals surface area contributed by atoms with E-state index in [9.17, 15) is 17.6 Å². The van der Waals surface area contributed by atoms with Crippen molar-refractivity contribution in [2.75, 3.05) is 6.54 Å². The number of rotatable bonds is 4. The minimum atomic E-state index is -3.92. The van der Waals surface area contributed by atoms with Gasteiger partial charge in [-0.15, -0.1) is 0 Å². The van der Waals surface area contributed by atoms with Gasteiger partial charge in [0.25, 0.3) is 0 Å². The Balaban J connectivity index is 2.45. The van der Waals surface area contributed by atoms with Crippen LogP contribution in [0.25, 0.3) is 0 Å². The standard InChI is InChI=1S/C11H19F4N/c1-7-4-10(2,3)5-8(7)16-6-11(14,15)9(12)13/h7-9,16H,4-6H2,1-3H3. The van der Waals surface area contributed by atoms with Crippen LogP contribution in [0, 0.1) is 11.3 Å². The lowest BCUT2D eigenvalue weighted by Gasteiger charge is -2.22. The van der Waals surface area contributed by atoms with Gasteiger partial charge in [0.1, 0.15) is 0 Å². The summed E-state index contributed by atoms with van der Waals surface area (Å²) < 4.78 is 49.3. The molecule has 5 heteroatoms. The molecule has 0 spiro atoms. The molecule has 0 heterocycles. The van der Waals surface area contributed by atoms with Crippen molar-refractivity contribution < 1.29 is 17.6 Å². The van der Waals surface area contributed by atoms with E-state index in [1.54, 1.807) is 0 Å². The number of nitrogens with one attached hydrogen (secondary N) is 1. The molecule has 1 nitrogen and oxygen atoms in total. The maximum absolute atomic E-state index is 12.7. The summed E-state index contributed by atoms with van der Waals surface area (Å²) >= 11 is 0. The Kier molecular flexibility index (Phi) is 3.87. The number of hydrogen-bond donors (Lipinski definition) is 1. The summed E-state index contributed by atoms with van der Waals surface area (Å²) in [5.74, 6) is -3.67. The lowest BCUT2D eigenvalue weighted by molar-refractivity contribution is -0.126. The summed E-state index contributed by atoms with van der Waals surface area (Å²) in [6.07, 6.45) is -1.90. The second-order valence-corrected chi connectivity index (χ2v) is 5.60. The van der Waals surface area contributed by atoms with Crippen LogP contribution in [0.2, 0.25) is 0 Å². The van der Waals surface area contributed by atoms with Crippen LogP contribution in [0.1, 0.15) is 33.6 Å². The molecule has 1 aliphatic carbocycles. The van der Waals surface area contributed by atoms with Gasteiger partial charge in [-0.3, -0.25) is 0 Å². The van der Waals surface area contributed by atoms with Crippen molar-refractivity contribution in [3.8, 4) is 0 Å². The highest BCUT2D eigenvalue weighted by molar-refractivity contribution is 4.92. The fraction of sp³-hybridized carbons (Fsp3) is 1.00. The summed E-state index contributed by atoms with van der Waals surface area (Å²) in [6, 6.07) is -0.0837. The lowest BCUT2D eigenvalue weighted by atomic mass is 9.91. The van der Waals surface area contributed by atoms with E-state index in [2.05, 4.69) is 19.2 Å².